The van der Waals surface area contributed by atoms with Gasteiger partial charge in [0.1, 0.15) is 6.23 Å². The van der Waals surface area contributed by atoms with E-state index in [-0.39, 0.29) is 11.9 Å². The second kappa shape index (κ2) is 9.30. The first-order valence-electron chi connectivity index (χ1n) is 10.7. The molecule has 1 amide bonds. The number of likely N-dealkylation sites (tertiary alicyclic amines) is 1. The van der Waals surface area contributed by atoms with E-state index in [2.05, 4.69) is 22.4 Å². The van der Waals surface area contributed by atoms with Crippen LogP contribution in [0.1, 0.15) is 47.0 Å². The van der Waals surface area contributed by atoms with E-state index in [9.17, 15) is 9.90 Å². The molecule has 5 nitrogen and oxygen atoms in total. The van der Waals surface area contributed by atoms with Crippen molar-refractivity contribution in [1.29, 1.82) is 0 Å². The Morgan fingerprint density at radius 3 is 2.55 bits per heavy atom. The summed E-state index contributed by atoms with van der Waals surface area (Å²) in [5.74, 6) is -0.0230. The van der Waals surface area contributed by atoms with Crippen molar-refractivity contribution in [3.63, 3.8) is 0 Å². The lowest BCUT2D eigenvalue weighted by molar-refractivity contribution is -0.129. The van der Waals surface area contributed by atoms with E-state index < -0.39 is 6.23 Å². The van der Waals surface area contributed by atoms with Gasteiger partial charge in [0.25, 0.3) is 0 Å². The Hall–Kier alpha value is -2.54. The van der Waals surface area contributed by atoms with E-state index in [4.69, 9.17) is 0 Å². The largest absolute Gasteiger partial charge is 0.374 e. The number of carbonyl (C=O) groups excluding carboxylic acids is 1. The molecule has 4 rings (SSSR count). The maximum atomic E-state index is 13.0. The van der Waals surface area contributed by atoms with Crippen molar-refractivity contribution in [2.75, 3.05) is 6.54 Å². The molecule has 1 fully saturated rings. The van der Waals surface area contributed by atoms with Crippen LogP contribution in [0.3, 0.4) is 0 Å². The molecule has 2 aromatic carbocycles. The average molecular weight is 436 g/mol. The van der Waals surface area contributed by atoms with Gasteiger partial charge in [-0.25, -0.2) is 4.98 Å². The number of carbonyl (C=O) groups is 1. The van der Waals surface area contributed by atoms with Crippen molar-refractivity contribution in [2.45, 2.75) is 52.4 Å². The number of hydrogen-bond acceptors (Lipinski definition) is 5. The molecule has 2 atom stereocenters. The van der Waals surface area contributed by atoms with Gasteiger partial charge >= 0.3 is 0 Å². The van der Waals surface area contributed by atoms with Gasteiger partial charge in [-0.1, -0.05) is 42.5 Å². The number of rotatable bonds is 6. The van der Waals surface area contributed by atoms with Gasteiger partial charge < -0.3 is 10.4 Å². The van der Waals surface area contributed by atoms with Crippen LogP contribution < -0.4 is 5.32 Å². The van der Waals surface area contributed by atoms with Gasteiger partial charge in [0.15, 0.2) is 0 Å². The average Bonchev–Trinajstić information content (AvgIpc) is 3.41. The van der Waals surface area contributed by atoms with Crippen molar-refractivity contribution < 1.29 is 9.90 Å². The van der Waals surface area contributed by atoms with Crippen LogP contribution in [-0.2, 0) is 11.3 Å². The summed E-state index contributed by atoms with van der Waals surface area (Å²) >= 11 is 1.64. The zero-order chi connectivity index (χ0) is 22.0. The van der Waals surface area contributed by atoms with Gasteiger partial charge in [-0.3, -0.25) is 9.69 Å². The monoisotopic (exact) mass is 435 g/mol. The summed E-state index contributed by atoms with van der Waals surface area (Å²) in [7, 11) is 0. The van der Waals surface area contributed by atoms with E-state index in [1.54, 1.807) is 11.3 Å². The summed E-state index contributed by atoms with van der Waals surface area (Å²) in [4.78, 5) is 20.4. The number of amides is 1. The molecular weight excluding hydrogens is 406 g/mol. The lowest BCUT2D eigenvalue weighted by Crippen LogP contribution is -2.44. The number of aliphatic hydroxyl groups is 1. The predicted molar refractivity (Wildman–Crippen MR) is 125 cm³/mol. The van der Waals surface area contributed by atoms with Gasteiger partial charge in [-0.15, -0.1) is 11.3 Å². The zero-order valence-electron chi connectivity index (χ0n) is 18.3. The molecule has 1 aliphatic heterocycles. The Morgan fingerprint density at radius 2 is 1.90 bits per heavy atom. The highest BCUT2D eigenvalue weighted by atomic mass is 32.1. The molecule has 1 aliphatic rings. The Labute approximate surface area is 187 Å². The number of aromatic nitrogens is 1. The third-order valence-corrected chi connectivity index (χ3v) is 7.12. The first kappa shape index (κ1) is 21.7. The zero-order valence-corrected chi connectivity index (χ0v) is 19.1. The second-order valence-electron chi connectivity index (χ2n) is 8.26. The topological polar surface area (TPSA) is 65.5 Å². The number of benzene rings is 2. The first-order chi connectivity index (χ1) is 15.0. The van der Waals surface area contributed by atoms with Crippen LogP contribution in [0, 0.1) is 20.8 Å². The third-order valence-electron chi connectivity index (χ3n) is 6.14. The highest BCUT2D eigenvalue weighted by molar-refractivity contribution is 7.13. The van der Waals surface area contributed by atoms with Crippen LogP contribution in [0.5, 0.6) is 0 Å². The summed E-state index contributed by atoms with van der Waals surface area (Å²) in [5, 5.41) is 14.1. The Morgan fingerprint density at radius 1 is 1.19 bits per heavy atom. The molecule has 0 saturated carbocycles. The second-order valence-corrected chi connectivity index (χ2v) is 9.11. The molecule has 2 N–H and O–H groups in total. The van der Waals surface area contributed by atoms with Gasteiger partial charge in [0, 0.05) is 18.7 Å². The summed E-state index contributed by atoms with van der Waals surface area (Å²) in [6.45, 7) is 7.23. The number of hydrogen-bond donors (Lipinski definition) is 2. The SMILES string of the molecule is Cc1cccc(C)c1C(O)N1CCCC1C(=O)NCc1ccc(-c2scnc2C)cc1. The molecule has 162 valence electrons. The van der Waals surface area contributed by atoms with Crippen LogP contribution in [0.15, 0.2) is 48.0 Å². The van der Waals surface area contributed by atoms with Gasteiger partial charge in [-0.2, -0.15) is 0 Å². The van der Waals surface area contributed by atoms with E-state index in [1.807, 2.05) is 61.5 Å². The summed E-state index contributed by atoms with van der Waals surface area (Å²) in [6.07, 6.45) is 0.904. The minimum Gasteiger partial charge on any atom is -0.374 e. The minimum atomic E-state index is -0.763. The number of aryl methyl sites for hydroxylation is 3. The van der Waals surface area contributed by atoms with Crippen molar-refractivity contribution >= 4 is 17.2 Å². The molecule has 1 saturated heterocycles. The van der Waals surface area contributed by atoms with Gasteiger partial charge in [0.2, 0.25) is 5.91 Å². The van der Waals surface area contributed by atoms with E-state index in [0.29, 0.717) is 6.54 Å². The number of aliphatic hydroxyl groups excluding tert-OH is 1. The van der Waals surface area contributed by atoms with E-state index in [0.717, 1.165) is 52.9 Å². The number of nitrogens with one attached hydrogen (secondary N) is 1. The summed E-state index contributed by atoms with van der Waals surface area (Å²) < 4.78 is 0. The number of thiazole rings is 1. The van der Waals surface area contributed by atoms with E-state index >= 15 is 0 Å². The van der Waals surface area contributed by atoms with Crippen LogP contribution in [-0.4, -0.2) is 33.5 Å². The quantitative estimate of drug-likeness (QED) is 0.598. The van der Waals surface area contributed by atoms with Crippen molar-refractivity contribution in [1.82, 2.24) is 15.2 Å². The normalized spacial score (nSPS) is 17.6. The maximum absolute atomic E-state index is 13.0. The molecule has 3 aromatic rings. The Balaban J connectivity index is 1.40. The van der Waals surface area contributed by atoms with Crippen LogP contribution in [0.4, 0.5) is 0 Å². The van der Waals surface area contributed by atoms with Crippen molar-refractivity contribution in [3.8, 4) is 10.4 Å². The van der Waals surface area contributed by atoms with E-state index in [1.165, 1.54) is 4.88 Å². The van der Waals surface area contributed by atoms with Gasteiger partial charge in [0.05, 0.1) is 22.1 Å². The smallest absolute Gasteiger partial charge is 0.237 e. The molecule has 2 heterocycles. The lowest BCUT2D eigenvalue weighted by atomic mass is 10.0. The Bertz CT molecular complexity index is 1040. The molecule has 6 heteroatoms. The molecule has 1 aromatic heterocycles. The lowest BCUT2D eigenvalue weighted by Gasteiger charge is -2.30. The third kappa shape index (κ3) is 4.56. The summed E-state index contributed by atoms with van der Waals surface area (Å²) in [5.41, 5.74) is 8.11. The van der Waals surface area contributed by atoms with Crippen molar-refractivity contribution in [3.05, 3.63) is 75.9 Å². The highest BCUT2D eigenvalue weighted by Gasteiger charge is 2.36. The van der Waals surface area contributed by atoms with Gasteiger partial charge in [-0.05, 0) is 55.9 Å². The minimum absolute atomic E-state index is 0.0230. The van der Waals surface area contributed by atoms with Crippen molar-refractivity contribution in [2.24, 2.45) is 0 Å². The molecular formula is C25H29N3O2S. The first-order valence-corrected chi connectivity index (χ1v) is 11.6. The standard InChI is InChI=1S/C25H29N3O2S/c1-16-6-4-7-17(2)22(16)25(30)28-13-5-8-21(28)24(29)26-14-19-9-11-20(12-10-19)23-18(3)27-15-31-23/h4,6-7,9-12,15,21,25,30H,5,8,13-14H2,1-3H3,(H,26,29). The molecule has 0 bridgehead atoms. The highest BCUT2D eigenvalue weighted by Crippen LogP contribution is 2.31. The molecule has 0 aliphatic carbocycles. The summed E-state index contributed by atoms with van der Waals surface area (Å²) in [6, 6.07) is 14.0. The molecule has 0 radical (unpaired) electrons. The number of nitrogens with zero attached hydrogens (tertiary/aromatic N) is 2. The van der Waals surface area contributed by atoms with Crippen LogP contribution >= 0.6 is 11.3 Å². The molecule has 2 unspecified atom stereocenters. The van der Waals surface area contributed by atoms with Crippen LogP contribution in [0.2, 0.25) is 0 Å². The molecule has 0 spiro atoms. The Kier molecular flexibility index (Phi) is 6.51. The predicted octanol–water partition coefficient (Wildman–Crippen LogP) is 4.51. The fourth-order valence-corrected chi connectivity index (χ4v) is 5.24. The fraction of sp³-hybridized carbons (Fsp3) is 0.360. The van der Waals surface area contributed by atoms with Crippen LogP contribution in [0.25, 0.3) is 10.4 Å². The fourth-order valence-electron chi connectivity index (χ4n) is 4.42. The maximum Gasteiger partial charge on any atom is 0.237 e. The molecule has 31 heavy (non-hydrogen) atoms.